The maximum atomic E-state index is 5.65. The highest BCUT2D eigenvalue weighted by Crippen LogP contribution is 2.42. The van der Waals surface area contributed by atoms with Gasteiger partial charge in [-0.2, -0.15) is 0 Å². The van der Waals surface area contributed by atoms with E-state index in [0.29, 0.717) is 0 Å². The summed E-state index contributed by atoms with van der Waals surface area (Å²) in [6, 6.07) is 59.7. The molecule has 8 aromatic carbocycles. The van der Waals surface area contributed by atoms with Gasteiger partial charge in [-0.05, 0) is 82.9 Å². The van der Waals surface area contributed by atoms with Gasteiger partial charge in [-0.1, -0.05) is 127 Å². The Morgan fingerprint density at radius 3 is 1.56 bits per heavy atom. The molecule has 0 bridgehead atoms. The van der Waals surface area contributed by atoms with E-state index in [1.165, 1.54) is 64.9 Å². The van der Waals surface area contributed by atoms with Crippen molar-refractivity contribution in [3.05, 3.63) is 181 Å². The molecule has 0 fully saturated rings. The second kappa shape index (κ2) is 11.5. The molecule has 5 heteroatoms. The minimum atomic E-state index is 0.818. The monoisotopic (exact) mass is 727 g/mol. The SMILES string of the molecule is C1=Cc2nc(-n3c4ccccc4c4ccccc43)c(-n3c4cc(-n5c6ccccc6c6c7ccccc7ccc65)ccc4c4c5ccccc5ccc43)nc2CC1. The Bertz CT molecular complexity index is 3650. The molecule has 5 nitrogen and oxygen atoms in total. The van der Waals surface area contributed by atoms with Crippen molar-refractivity contribution in [1.82, 2.24) is 23.7 Å². The predicted molar refractivity (Wildman–Crippen MR) is 237 cm³/mol. The molecule has 1 aliphatic rings. The van der Waals surface area contributed by atoms with Gasteiger partial charge in [-0.15, -0.1) is 0 Å². The number of para-hydroxylation sites is 3. The van der Waals surface area contributed by atoms with Crippen molar-refractivity contribution in [1.29, 1.82) is 0 Å². The molecule has 0 atom stereocenters. The second-order valence-corrected chi connectivity index (χ2v) is 15.3. The Hall–Kier alpha value is -7.50. The lowest BCUT2D eigenvalue weighted by atomic mass is 10.0. The van der Waals surface area contributed by atoms with Crippen LogP contribution in [-0.4, -0.2) is 23.7 Å². The molecule has 0 amide bonds. The van der Waals surface area contributed by atoms with Gasteiger partial charge >= 0.3 is 0 Å². The van der Waals surface area contributed by atoms with Crippen LogP contribution in [0.3, 0.4) is 0 Å². The molecule has 0 spiro atoms. The van der Waals surface area contributed by atoms with Gasteiger partial charge in [0.2, 0.25) is 0 Å². The summed E-state index contributed by atoms with van der Waals surface area (Å²) in [5.41, 5.74) is 9.85. The third-order valence-corrected chi connectivity index (χ3v) is 12.3. The molecule has 1 aliphatic carbocycles. The summed E-state index contributed by atoms with van der Waals surface area (Å²) in [5.74, 6) is 1.65. The molecule has 0 saturated carbocycles. The zero-order valence-electron chi connectivity index (χ0n) is 30.9. The van der Waals surface area contributed by atoms with E-state index < -0.39 is 0 Å². The zero-order chi connectivity index (χ0) is 37.2. The van der Waals surface area contributed by atoms with Crippen LogP contribution in [0.25, 0.3) is 110 Å². The van der Waals surface area contributed by atoms with E-state index >= 15 is 0 Å². The maximum Gasteiger partial charge on any atom is 0.182 e. The van der Waals surface area contributed by atoms with Gasteiger partial charge in [0.1, 0.15) is 0 Å². The van der Waals surface area contributed by atoms with Crippen molar-refractivity contribution in [2.45, 2.75) is 12.8 Å². The van der Waals surface area contributed by atoms with Crippen molar-refractivity contribution in [2.75, 3.05) is 0 Å². The number of allylic oxidation sites excluding steroid dienone is 1. The average Bonchev–Trinajstić information content (AvgIpc) is 3.91. The molecule has 266 valence electrons. The molecule has 4 aromatic heterocycles. The van der Waals surface area contributed by atoms with E-state index in [2.05, 4.69) is 190 Å². The minimum Gasteiger partial charge on any atom is -0.309 e. The number of fused-ring (bicyclic) bond motifs is 14. The number of aryl methyl sites for hydroxylation is 1. The Morgan fingerprint density at radius 2 is 0.895 bits per heavy atom. The van der Waals surface area contributed by atoms with Crippen molar-refractivity contribution >= 4 is 93.0 Å². The lowest BCUT2D eigenvalue weighted by molar-refractivity contribution is 0.861. The van der Waals surface area contributed by atoms with Gasteiger partial charge in [-0.25, -0.2) is 9.97 Å². The molecule has 57 heavy (non-hydrogen) atoms. The molecule has 12 aromatic rings. The van der Waals surface area contributed by atoms with E-state index in [-0.39, 0.29) is 0 Å². The second-order valence-electron chi connectivity index (χ2n) is 15.3. The Balaban J connectivity index is 1.19. The summed E-state index contributed by atoms with van der Waals surface area (Å²) in [7, 11) is 0. The molecular formula is C52H33N5. The largest absolute Gasteiger partial charge is 0.309 e. The van der Waals surface area contributed by atoms with Gasteiger partial charge in [0.05, 0.1) is 44.5 Å². The van der Waals surface area contributed by atoms with Crippen molar-refractivity contribution in [3.63, 3.8) is 0 Å². The van der Waals surface area contributed by atoms with Crippen LogP contribution in [0, 0.1) is 0 Å². The smallest absolute Gasteiger partial charge is 0.182 e. The first kappa shape index (κ1) is 30.8. The third kappa shape index (κ3) is 4.23. The summed E-state index contributed by atoms with van der Waals surface area (Å²) < 4.78 is 7.17. The third-order valence-electron chi connectivity index (χ3n) is 12.3. The van der Waals surface area contributed by atoms with Crippen molar-refractivity contribution in [3.8, 4) is 17.3 Å². The Labute approximate surface area is 327 Å². The highest BCUT2D eigenvalue weighted by atomic mass is 15.2. The van der Waals surface area contributed by atoms with E-state index in [9.17, 15) is 0 Å². The number of nitrogens with zero attached hydrogens (tertiary/aromatic N) is 5. The van der Waals surface area contributed by atoms with E-state index in [0.717, 1.165) is 63.6 Å². The fraction of sp³-hybridized carbons (Fsp3) is 0.0385. The predicted octanol–water partition coefficient (Wildman–Crippen LogP) is 13.0. The van der Waals surface area contributed by atoms with Gasteiger partial charge in [0, 0.05) is 38.0 Å². The van der Waals surface area contributed by atoms with Crippen LogP contribution in [-0.2, 0) is 6.42 Å². The molecule has 13 rings (SSSR count). The summed E-state index contributed by atoms with van der Waals surface area (Å²) in [4.78, 5) is 11.2. The minimum absolute atomic E-state index is 0.818. The van der Waals surface area contributed by atoms with Gasteiger partial charge in [0.25, 0.3) is 0 Å². The van der Waals surface area contributed by atoms with Crippen LogP contribution >= 0.6 is 0 Å². The van der Waals surface area contributed by atoms with Crippen LogP contribution in [0.5, 0.6) is 0 Å². The van der Waals surface area contributed by atoms with E-state index in [4.69, 9.17) is 9.97 Å². The van der Waals surface area contributed by atoms with Crippen molar-refractivity contribution < 1.29 is 0 Å². The fourth-order valence-electron chi connectivity index (χ4n) is 9.81. The number of rotatable bonds is 3. The number of hydrogen-bond donors (Lipinski definition) is 0. The molecule has 4 heterocycles. The molecular weight excluding hydrogens is 695 g/mol. The average molecular weight is 728 g/mol. The highest BCUT2D eigenvalue weighted by molar-refractivity contribution is 6.23. The van der Waals surface area contributed by atoms with Crippen LogP contribution in [0.1, 0.15) is 17.8 Å². The number of benzene rings is 8. The first-order valence-corrected chi connectivity index (χ1v) is 19.7. The highest BCUT2D eigenvalue weighted by Gasteiger charge is 2.25. The topological polar surface area (TPSA) is 40.6 Å². The van der Waals surface area contributed by atoms with Crippen molar-refractivity contribution in [2.24, 2.45) is 0 Å². The maximum absolute atomic E-state index is 5.65. The molecule has 0 saturated heterocycles. The molecule has 0 aliphatic heterocycles. The lowest BCUT2D eigenvalue weighted by Gasteiger charge is -2.19. The molecule has 0 unspecified atom stereocenters. The van der Waals surface area contributed by atoms with Gasteiger partial charge < -0.3 is 4.57 Å². The van der Waals surface area contributed by atoms with Gasteiger partial charge in [0.15, 0.2) is 11.6 Å². The summed E-state index contributed by atoms with van der Waals surface area (Å²) in [5, 5.41) is 12.3. The normalized spacial score (nSPS) is 13.1. The Kier molecular flexibility index (Phi) is 6.22. The van der Waals surface area contributed by atoms with E-state index in [1.807, 2.05) is 0 Å². The summed E-state index contributed by atoms with van der Waals surface area (Å²) in [6.45, 7) is 0. The first-order chi connectivity index (χ1) is 28.3. The Morgan fingerprint density at radius 1 is 0.386 bits per heavy atom. The van der Waals surface area contributed by atoms with Crippen LogP contribution in [0.2, 0.25) is 0 Å². The van der Waals surface area contributed by atoms with E-state index in [1.54, 1.807) is 0 Å². The number of aromatic nitrogens is 5. The fourth-order valence-corrected chi connectivity index (χ4v) is 9.81. The van der Waals surface area contributed by atoms with Crippen LogP contribution in [0.15, 0.2) is 170 Å². The molecule has 0 N–H and O–H groups in total. The van der Waals surface area contributed by atoms with Crippen LogP contribution < -0.4 is 0 Å². The quantitative estimate of drug-likeness (QED) is 0.182. The zero-order valence-corrected chi connectivity index (χ0v) is 30.9. The summed E-state index contributed by atoms with van der Waals surface area (Å²) >= 11 is 0. The van der Waals surface area contributed by atoms with Crippen LogP contribution in [0.4, 0.5) is 0 Å². The standard InChI is InChI=1S/C52H33N5/c1-3-15-35-32(13-1)25-29-46-49(35)39-19-7-12-24-45(39)55(46)34-27-28-40-48(31-34)57(47-30-26-33-14-2-4-16-36(33)50(40)47)52-51(53-41-20-8-9-21-42(41)54-52)56-43-22-10-5-17-37(43)38-18-6-11-23-44(38)56/h1-8,10-20,22-31H,9,21H2. The van der Waals surface area contributed by atoms with Gasteiger partial charge in [-0.3, -0.25) is 9.13 Å². The summed E-state index contributed by atoms with van der Waals surface area (Å²) in [6.07, 6.45) is 6.16. The molecule has 0 radical (unpaired) electrons. The first-order valence-electron chi connectivity index (χ1n) is 19.7. The number of hydrogen-bond acceptors (Lipinski definition) is 2. The lowest BCUT2D eigenvalue weighted by Crippen LogP contribution is -2.13.